The molecule has 0 bridgehead atoms. The molecule has 0 fully saturated rings. The quantitative estimate of drug-likeness (QED) is 0.660. The van der Waals surface area contributed by atoms with Crippen LogP contribution in [0.25, 0.3) is 0 Å². The molecule has 1 heterocycles. The topological polar surface area (TPSA) is 51.2 Å². The number of nitrogens with zero attached hydrogens (tertiary/aromatic N) is 1. The number of aromatic nitrogens is 1. The molecule has 0 aliphatic rings. The van der Waals surface area contributed by atoms with E-state index in [0.717, 1.165) is 23.4 Å². The Morgan fingerprint density at radius 1 is 1.12 bits per heavy atom. The van der Waals surface area contributed by atoms with Crippen molar-refractivity contribution in [2.24, 2.45) is 0 Å². The first-order chi connectivity index (χ1) is 12.7. The first kappa shape index (κ1) is 18.1. The number of hydrogen-bond acceptors (Lipinski definition) is 4. The molecule has 0 radical (unpaired) electrons. The third kappa shape index (κ3) is 5.70. The van der Waals surface area contributed by atoms with E-state index in [-0.39, 0.29) is 12.5 Å². The number of thiazole rings is 1. The summed E-state index contributed by atoms with van der Waals surface area (Å²) in [7, 11) is 0. The Hall–Kier alpha value is -2.66. The van der Waals surface area contributed by atoms with Crippen LogP contribution in [0.1, 0.15) is 21.0 Å². The fourth-order valence-corrected chi connectivity index (χ4v) is 3.44. The smallest absolute Gasteiger partial charge is 0.257 e. The fraction of sp³-hybridized carbons (Fsp3) is 0.238. The van der Waals surface area contributed by atoms with Gasteiger partial charge in [-0.05, 0) is 24.6 Å². The second kappa shape index (κ2) is 9.15. The molecule has 3 rings (SSSR count). The monoisotopic (exact) mass is 366 g/mol. The number of carbonyl (C=O) groups excluding carboxylic acids is 1. The Balaban J connectivity index is 1.38. The zero-order valence-corrected chi connectivity index (χ0v) is 15.6. The van der Waals surface area contributed by atoms with Crippen LogP contribution in [0.3, 0.4) is 0 Å². The summed E-state index contributed by atoms with van der Waals surface area (Å²) >= 11 is 1.70. The van der Waals surface area contributed by atoms with Crippen LogP contribution in [0.5, 0.6) is 5.75 Å². The molecule has 0 saturated carbocycles. The molecule has 0 saturated heterocycles. The van der Waals surface area contributed by atoms with E-state index in [2.05, 4.69) is 22.4 Å². The van der Waals surface area contributed by atoms with Crippen LogP contribution in [0.2, 0.25) is 0 Å². The zero-order chi connectivity index (χ0) is 18.2. The predicted octanol–water partition coefficient (Wildman–Crippen LogP) is 3.78. The standard InChI is InChI=1S/C21H22N2O2S/c1-16-7-9-18(10-8-16)25-15-20(24)22-12-11-21-23-14-19(26-21)13-17-5-3-2-4-6-17/h2-10,14H,11-13,15H2,1H3,(H,22,24). The minimum atomic E-state index is -0.119. The van der Waals surface area contributed by atoms with Gasteiger partial charge in [-0.15, -0.1) is 11.3 Å². The average Bonchev–Trinajstić information content (AvgIpc) is 3.09. The van der Waals surface area contributed by atoms with Crippen molar-refractivity contribution in [1.29, 1.82) is 0 Å². The molecule has 3 aromatic rings. The van der Waals surface area contributed by atoms with E-state index in [0.29, 0.717) is 12.3 Å². The maximum absolute atomic E-state index is 11.9. The number of hydrogen-bond donors (Lipinski definition) is 1. The second-order valence-corrected chi connectivity index (χ2v) is 7.28. The third-order valence-electron chi connectivity index (χ3n) is 3.87. The first-order valence-corrected chi connectivity index (χ1v) is 9.44. The Morgan fingerprint density at radius 3 is 2.65 bits per heavy atom. The van der Waals surface area contributed by atoms with Gasteiger partial charge in [-0.3, -0.25) is 4.79 Å². The highest BCUT2D eigenvalue weighted by molar-refractivity contribution is 7.11. The minimum absolute atomic E-state index is 0.0280. The van der Waals surface area contributed by atoms with Gasteiger partial charge in [0.2, 0.25) is 0 Å². The van der Waals surface area contributed by atoms with E-state index < -0.39 is 0 Å². The first-order valence-electron chi connectivity index (χ1n) is 8.63. The van der Waals surface area contributed by atoms with Crippen LogP contribution in [0, 0.1) is 6.92 Å². The highest BCUT2D eigenvalue weighted by atomic mass is 32.1. The van der Waals surface area contributed by atoms with Crippen LogP contribution in [-0.2, 0) is 17.6 Å². The van der Waals surface area contributed by atoms with Gasteiger partial charge in [0.25, 0.3) is 5.91 Å². The molecule has 4 nitrogen and oxygen atoms in total. The summed E-state index contributed by atoms with van der Waals surface area (Å²) in [4.78, 5) is 17.6. The van der Waals surface area contributed by atoms with Gasteiger partial charge in [0.1, 0.15) is 5.75 Å². The summed E-state index contributed by atoms with van der Waals surface area (Å²) < 4.78 is 5.47. The number of amides is 1. The Morgan fingerprint density at radius 2 is 1.88 bits per heavy atom. The molecule has 0 atom stereocenters. The molecule has 0 spiro atoms. The molecule has 1 amide bonds. The number of nitrogens with one attached hydrogen (secondary N) is 1. The van der Waals surface area contributed by atoms with Gasteiger partial charge in [0.15, 0.2) is 6.61 Å². The van der Waals surface area contributed by atoms with Crippen molar-refractivity contribution < 1.29 is 9.53 Å². The summed E-state index contributed by atoms with van der Waals surface area (Å²) in [5.74, 6) is 0.586. The van der Waals surface area contributed by atoms with Crippen LogP contribution in [0.15, 0.2) is 60.8 Å². The minimum Gasteiger partial charge on any atom is -0.484 e. The van der Waals surface area contributed by atoms with Crippen molar-refractivity contribution in [3.8, 4) is 5.75 Å². The molecule has 0 aliphatic heterocycles. The summed E-state index contributed by atoms with van der Waals surface area (Å²) in [6, 6.07) is 18.0. The SMILES string of the molecule is Cc1ccc(OCC(=O)NCCc2ncc(Cc3ccccc3)s2)cc1. The van der Waals surface area contributed by atoms with Crippen molar-refractivity contribution in [2.75, 3.05) is 13.2 Å². The van der Waals surface area contributed by atoms with Gasteiger partial charge in [0.05, 0.1) is 5.01 Å². The fourth-order valence-electron chi connectivity index (χ4n) is 2.49. The zero-order valence-electron chi connectivity index (χ0n) is 14.8. The molecule has 1 N–H and O–H groups in total. The highest BCUT2D eigenvalue weighted by Gasteiger charge is 2.06. The summed E-state index contributed by atoms with van der Waals surface area (Å²) in [5, 5.41) is 3.91. The largest absolute Gasteiger partial charge is 0.484 e. The van der Waals surface area contributed by atoms with Crippen molar-refractivity contribution in [3.63, 3.8) is 0 Å². The van der Waals surface area contributed by atoms with Crippen molar-refractivity contribution in [2.45, 2.75) is 19.8 Å². The molecule has 26 heavy (non-hydrogen) atoms. The second-order valence-electron chi connectivity index (χ2n) is 6.08. The van der Waals surface area contributed by atoms with Crippen molar-refractivity contribution in [3.05, 3.63) is 81.8 Å². The number of aryl methyl sites for hydroxylation is 1. The molecule has 5 heteroatoms. The van der Waals surface area contributed by atoms with Gasteiger partial charge in [0, 0.05) is 30.5 Å². The number of benzene rings is 2. The maximum Gasteiger partial charge on any atom is 0.257 e. The number of carbonyl (C=O) groups is 1. The predicted molar refractivity (Wildman–Crippen MR) is 105 cm³/mol. The lowest BCUT2D eigenvalue weighted by Crippen LogP contribution is -2.30. The summed E-state index contributed by atoms with van der Waals surface area (Å²) in [6.45, 7) is 2.61. The summed E-state index contributed by atoms with van der Waals surface area (Å²) in [6.07, 6.45) is 3.56. The van der Waals surface area contributed by atoms with Crippen LogP contribution in [-0.4, -0.2) is 24.0 Å². The van der Waals surface area contributed by atoms with E-state index in [1.165, 1.54) is 10.4 Å². The molecule has 2 aromatic carbocycles. The Labute approximate surface area is 157 Å². The molecular formula is C21H22N2O2S. The highest BCUT2D eigenvalue weighted by Crippen LogP contribution is 2.17. The molecule has 0 unspecified atom stereocenters. The lowest BCUT2D eigenvalue weighted by Gasteiger charge is -2.07. The third-order valence-corrected chi connectivity index (χ3v) is 4.93. The van der Waals surface area contributed by atoms with Crippen LogP contribution >= 0.6 is 11.3 Å². The summed E-state index contributed by atoms with van der Waals surface area (Å²) in [5.41, 5.74) is 2.45. The van der Waals surface area contributed by atoms with Gasteiger partial charge >= 0.3 is 0 Å². The van der Waals surface area contributed by atoms with Crippen LogP contribution in [0.4, 0.5) is 0 Å². The van der Waals surface area contributed by atoms with Crippen molar-refractivity contribution in [1.82, 2.24) is 10.3 Å². The van der Waals surface area contributed by atoms with E-state index in [9.17, 15) is 4.79 Å². The van der Waals surface area contributed by atoms with Crippen molar-refractivity contribution >= 4 is 17.2 Å². The average molecular weight is 366 g/mol. The Bertz CT molecular complexity index is 829. The normalized spacial score (nSPS) is 10.5. The van der Waals surface area contributed by atoms with Gasteiger partial charge in [-0.25, -0.2) is 4.98 Å². The number of rotatable bonds is 8. The molecular weight excluding hydrogens is 344 g/mol. The van der Waals surface area contributed by atoms with E-state index >= 15 is 0 Å². The molecule has 0 aliphatic carbocycles. The Kier molecular flexibility index (Phi) is 6.39. The van der Waals surface area contributed by atoms with Gasteiger partial charge in [-0.2, -0.15) is 0 Å². The van der Waals surface area contributed by atoms with Crippen LogP contribution < -0.4 is 10.1 Å². The lowest BCUT2D eigenvalue weighted by molar-refractivity contribution is -0.123. The molecule has 134 valence electrons. The lowest BCUT2D eigenvalue weighted by atomic mass is 10.1. The van der Waals surface area contributed by atoms with Gasteiger partial charge < -0.3 is 10.1 Å². The number of ether oxygens (including phenoxy) is 1. The van der Waals surface area contributed by atoms with Gasteiger partial charge in [-0.1, -0.05) is 48.0 Å². The van der Waals surface area contributed by atoms with E-state index in [1.54, 1.807) is 11.3 Å². The van der Waals surface area contributed by atoms with E-state index in [4.69, 9.17) is 4.74 Å². The maximum atomic E-state index is 11.9. The van der Waals surface area contributed by atoms with E-state index in [1.807, 2.05) is 55.6 Å². The molecule has 1 aromatic heterocycles.